The van der Waals surface area contributed by atoms with Crippen LogP contribution in [0, 0.1) is 0 Å². The van der Waals surface area contributed by atoms with Gasteiger partial charge in [0, 0.05) is 41.3 Å². The lowest BCUT2D eigenvalue weighted by atomic mass is 9.92. The highest BCUT2D eigenvalue weighted by Crippen LogP contribution is 2.39. The first-order chi connectivity index (χ1) is 16.5. The van der Waals surface area contributed by atoms with Crippen LogP contribution in [0.15, 0.2) is 42.5 Å². The zero-order valence-electron chi connectivity index (χ0n) is 19.1. The Morgan fingerprint density at radius 1 is 1.26 bits per heavy atom. The summed E-state index contributed by atoms with van der Waals surface area (Å²) in [4.78, 5) is 30.9. The van der Waals surface area contributed by atoms with Gasteiger partial charge >= 0.3 is 12.0 Å². The van der Waals surface area contributed by atoms with Crippen molar-refractivity contribution in [3.63, 3.8) is 0 Å². The van der Waals surface area contributed by atoms with Gasteiger partial charge in [0.15, 0.2) is 0 Å². The van der Waals surface area contributed by atoms with Gasteiger partial charge in [-0.1, -0.05) is 23.7 Å². The van der Waals surface area contributed by atoms with Crippen molar-refractivity contribution in [3.05, 3.63) is 69.9 Å². The number of ether oxygens (including phenoxy) is 1. The molecule has 1 aliphatic rings. The number of nitrogens with one attached hydrogen (secondary N) is 2. The van der Waals surface area contributed by atoms with E-state index in [0.717, 1.165) is 27.7 Å². The van der Waals surface area contributed by atoms with Crippen molar-refractivity contribution in [2.45, 2.75) is 19.4 Å². The molecule has 9 heteroatoms. The number of hydrogen-bond acceptors (Lipinski definition) is 5. The number of rotatable bonds is 8. The molecule has 2 amide bonds. The van der Waals surface area contributed by atoms with Gasteiger partial charge < -0.3 is 20.1 Å². The summed E-state index contributed by atoms with van der Waals surface area (Å²) in [5.74, 6) is -0.0743. The standard InChI is InChI=1S/C25H29ClN4O4/c1-2-34-25(33)30-12-8-19-20-15-18(26)6-7-21(20)29-22(19)23(30)16-4-3-5-17(14-16)24(32)28-10-9-27-11-13-31/h3-7,14-15,23,27,29,31H,2,8-13H2,1H3,(H,28,32)/p+1. The average molecular weight is 486 g/mol. The fraction of sp³-hybridized carbons (Fsp3) is 0.360. The Bertz CT molecular complexity index is 1180. The monoisotopic (exact) mass is 485 g/mol. The number of aromatic nitrogens is 1. The van der Waals surface area contributed by atoms with Crippen LogP contribution in [-0.2, 0) is 11.2 Å². The fourth-order valence-electron chi connectivity index (χ4n) is 4.50. The second kappa shape index (κ2) is 11.0. The van der Waals surface area contributed by atoms with Gasteiger partial charge in [0.05, 0.1) is 25.3 Å². The number of hydrogen-bond donors (Lipinski definition) is 4. The molecular weight excluding hydrogens is 456 g/mol. The number of nitrogens with two attached hydrogens (primary N) is 1. The summed E-state index contributed by atoms with van der Waals surface area (Å²) in [6.45, 7) is 4.32. The molecule has 0 saturated carbocycles. The highest BCUT2D eigenvalue weighted by Gasteiger charge is 2.35. The van der Waals surface area contributed by atoms with Crippen LogP contribution >= 0.6 is 11.6 Å². The lowest BCUT2D eigenvalue weighted by Crippen LogP contribution is -2.89. The number of fused-ring (bicyclic) bond motifs is 3. The molecule has 0 radical (unpaired) electrons. The van der Waals surface area contributed by atoms with Crippen molar-refractivity contribution >= 4 is 34.5 Å². The maximum Gasteiger partial charge on any atom is 0.410 e. The van der Waals surface area contributed by atoms with Crippen molar-refractivity contribution in [1.82, 2.24) is 15.2 Å². The number of amides is 2. The van der Waals surface area contributed by atoms with Crippen LogP contribution in [0.4, 0.5) is 4.79 Å². The molecule has 1 aliphatic heterocycles. The van der Waals surface area contributed by atoms with Gasteiger partial charge in [-0.3, -0.25) is 10.2 Å². The number of benzene rings is 2. The molecule has 1 unspecified atom stereocenters. The summed E-state index contributed by atoms with van der Waals surface area (Å²) in [6, 6.07) is 12.7. The van der Waals surface area contributed by atoms with Gasteiger partial charge in [0.25, 0.3) is 0 Å². The van der Waals surface area contributed by atoms with Crippen molar-refractivity contribution in [3.8, 4) is 0 Å². The molecule has 180 valence electrons. The van der Waals surface area contributed by atoms with E-state index in [-0.39, 0.29) is 25.2 Å². The molecule has 1 aromatic heterocycles. The van der Waals surface area contributed by atoms with Gasteiger partial charge in [-0.05, 0) is 54.8 Å². The first-order valence-corrected chi connectivity index (χ1v) is 11.9. The van der Waals surface area contributed by atoms with E-state index in [1.54, 1.807) is 23.2 Å². The van der Waals surface area contributed by atoms with E-state index in [1.165, 1.54) is 0 Å². The smallest absolute Gasteiger partial charge is 0.410 e. The lowest BCUT2D eigenvalue weighted by molar-refractivity contribution is -0.553. The van der Waals surface area contributed by atoms with Crippen molar-refractivity contribution in [2.75, 3.05) is 39.4 Å². The minimum absolute atomic E-state index is 0.0658. The summed E-state index contributed by atoms with van der Waals surface area (Å²) in [5, 5.41) is 15.3. The summed E-state index contributed by atoms with van der Waals surface area (Å²) < 4.78 is 5.36. The number of halogens is 1. The van der Waals surface area contributed by atoms with E-state index >= 15 is 0 Å². The maximum absolute atomic E-state index is 12.9. The normalized spacial score (nSPS) is 15.4. The number of aliphatic hydroxyl groups is 1. The Morgan fingerprint density at radius 3 is 2.91 bits per heavy atom. The lowest BCUT2D eigenvalue weighted by Gasteiger charge is -2.35. The number of quaternary nitrogens is 1. The number of carbonyl (C=O) groups is 2. The van der Waals surface area contributed by atoms with Crippen molar-refractivity contribution in [2.24, 2.45) is 0 Å². The predicted octanol–water partition coefficient (Wildman–Crippen LogP) is 2.21. The minimum atomic E-state index is -0.409. The Balaban J connectivity index is 1.67. The molecule has 8 nitrogen and oxygen atoms in total. The van der Waals surface area contributed by atoms with Crippen LogP contribution in [0.25, 0.3) is 10.9 Å². The summed E-state index contributed by atoms with van der Waals surface area (Å²) in [6.07, 6.45) is 0.297. The molecule has 3 aromatic rings. The molecule has 1 atom stereocenters. The first kappa shape index (κ1) is 24.2. The first-order valence-electron chi connectivity index (χ1n) is 11.6. The van der Waals surface area contributed by atoms with Crippen molar-refractivity contribution in [1.29, 1.82) is 0 Å². The molecule has 4 rings (SSSR count). The van der Waals surface area contributed by atoms with Crippen LogP contribution in [0.1, 0.15) is 40.1 Å². The van der Waals surface area contributed by atoms with Gasteiger partial charge in [-0.25, -0.2) is 9.59 Å². The Labute approximate surface area is 203 Å². The number of primary amides is 1. The molecular formula is C25H30ClN4O4+. The van der Waals surface area contributed by atoms with Gasteiger partial charge in [0.2, 0.25) is 0 Å². The number of H-pyrrole nitrogens is 1. The number of nitrogens with zero attached hydrogens (tertiary/aromatic N) is 1. The maximum atomic E-state index is 12.9. The molecule has 2 aromatic carbocycles. The highest BCUT2D eigenvalue weighted by atomic mass is 35.5. The third-order valence-electron chi connectivity index (χ3n) is 6.02. The van der Waals surface area contributed by atoms with Crippen LogP contribution in [0.5, 0.6) is 0 Å². The van der Waals surface area contributed by atoms with E-state index in [4.69, 9.17) is 21.4 Å². The van der Waals surface area contributed by atoms with Gasteiger partial charge in [0.1, 0.15) is 6.04 Å². The molecule has 0 saturated heterocycles. The summed E-state index contributed by atoms with van der Waals surface area (Å²) in [7, 11) is 0. The van der Waals surface area contributed by atoms with Crippen LogP contribution in [-0.4, -0.2) is 66.4 Å². The molecule has 5 N–H and O–H groups in total. The van der Waals surface area contributed by atoms with Gasteiger partial charge in [-0.2, -0.15) is 0 Å². The van der Waals surface area contributed by atoms with Crippen molar-refractivity contribution < 1.29 is 24.7 Å². The third-order valence-corrected chi connectivity index (χ3v) is 6.25. The molecule has 0 fully saturated rings. The Kier molecular flexibility index (Phi) is 7.84. The molecule has 34 heavy (non-hydrogen) atoms. The average Bonchev–Trinajstić information content (AvgIpc) is 3.21. The topological polar surface area (TPSA) is 111 Å². The zero-order valence-corrected chi connectivity index (χ0v) is 19.9. The number of aromatic amines is 1. The molecule has 0 aliphatic carbocycles. The Morgan fingerprint density at radius 2 is 2.12 bits per heavy atom. The predicted molar refractivity (Wildman–Crippen MR) is 130 cm³/mol. The second-order valence-corrected chi connectivity index (χ2v) is 8.64. The Hall–Kier alpha value is -2.91. The van der Waals surface area contributed by atoms with E-state index < -0.39 is 6.04 Å². The zero-order chi connectivity index (χ0) is 24.1. The van der Waals surface area contributed by atoms with Crippen LogP contribution < -0.4 is 10.6 Å². The number of carbonyl (C=O) groups excluding carboxylic acids is 2. The summed E-state index contributed by atoms with van der Waals surface area (Å²) >= 11 is 6.26. The summed E-state index contributed by atoms with van der Waals surface area (Å²) in [5.41, 5.74) is 4.40. The third kappa shape index (κ3) is 5.10. The molecule has 0 bridgehead atoms. The minimum Gasteiger partial charge on any atom is -0.450 e. The quantitative estimate of drug-likeness (QED) is 0.365. The van der Waals surface area contributed by atoms with E-state index in [2.05, 4.69) is 10.3 Å². The van der Waals surface area contributed by atoms with Crippen LogP contribution in [0.3, 0.4) is 0 Å². The molecule has 0 spiro atoms. The molecule has 2 heterocycles. The van der Waals surface area contributed by atoms with E-state index in [9.17, 15) is 9.59 Å². The second-order valence-electron chi connectivity index (χ2n) is 8.21. The number of aliphatic hydroxyl groups excluding tert-OH is 1. The van der Waals surface area contributed by atoms with Crippen LogP contribution in [0.2, 0.25) is 5.02 Å². The van der Waals surface area contributed by atoms with E-state index in [1.807, 2.05) is 36.4 Å². The van der Waals surface area contributed by atoms with E-state index in [0.29, 0.717) is 43.2 Å². The largest absolute Gasteiger partial charge is 0.450 e. The fourth-order valence-corrected chi connectivity index (χ4v) is 4.67. The van der Waals surface area contributed by atoms with Gasteiger partial charge in [-0.15, -0.1) is 0 Å². The highest BCUT2D eigenvalue weighted by molar-refractivity contribution is 6.31. The SMILES string of the molecule is CCOC(=O)N1CCc2c([nH]c3ccc(Cl)cc23)C1c1cccc(C(=O)[NH2+]CCNCCO)c1.